The molecule has 1 aromatic rings. The summed E-state index contributed by atoms with van der Waals surface area (Å²) < 4.78 is 0. The molecule has 4 nitrogen and oxygen atoms in total. The van der Waals surface area contributed by atoms with E-state index in [1.165, 1.54) is 5.69 Å². The van der Waals surface area contributed by atoms with Crippen molar-refractivity contribution in [2.45, 2.75) is 26.0 Å². The lowest BCUT2D eigenvalue weighted by Gasteiger charge is -2.38. The topological polar surface area (TPSA) is 38.7 Å². The van der Waals surface area contributed by atoms with Crippen LogP contribution in [0.25, 0.3) is 0 Å². The van der Waals surface area contributed by atoms with E-state index in [1.807, 2.05) is 19.2 Å². The second-order valence-electron chi connectivity index (χ2n) is 5.79. The van der Waals surface area contributed by atoms with Crippen molar-refractivity contribution in [2.75, 3.05) is 44.7 Å². The van der Waals surface area contributed by atoms with Gasteiger partial charge in [-0.2, -0.15) is 0 Å². The number of piperazine rings is 1. The van der Waals surface area contributed by atoms with E-state index in [4.69, 9.17) is 0 Å². The minimum atomic E-state index is -0.433. The van der Waals surface area contributed by atoms with Crippen LogP contribution in [0.4, 0.5) is 5.69 Å². The van der Waals surface area contributed by atoms with E-state index in [-0.39, 0.29) is 0 Å². The molecule has 2 N–H and O–H groups in total. The molecule has 1 atom stereocenters. The first-order chi connectivity index (χ1) is 9.61. The van der Waals surface area contributed by atoms with Gasteiger partial charge in [-0.1, -0.05) is 12.1 Å². The molecule has 1 unspecified atom stereocenters. The highest BCUT2D eigenvalue weighted by molar-refractivity contribution is 5.49. The van der Waals surface area contributed by atoms with Crippen molar-refractivity contribution in [1.82, 2.24) is 10.2 Å². The molecule has 4 heteroatoms. The summed E-state index contributed by atoms with van der Waals surface area (Å²) in [5.41, 5.74) is 2.21. The van der Waals surface area contributed by atoms with Gasteiger partial charge in [-0.3, -0.25) is 4.90 Å². The lowest BCUT2D eigenvalue weighted by Crippen LogP contribution is -2.48. The number of benzene rings is 1. The van der Waals surface area contributed by atoms with Gasteiger partial charge in [0, 0.05) is 44.5 Å². The Morgan fingerprint density at radius 2 is 1.90 bits per heavy atom. The Labute approximate surface area is 122 Å². The Bertz CT molecular complexity index is 414. The van der Waals surface area contributed by atoms with Crippen LogP contribution in [0.15, 0.2) is 24.3 Å². The molecule has 112 valence electrons. The van der Waals surface area contributed by atoms with E-state index in [1.54, 1.807) is 0 Å². The highest BCUT2D eigenvalue weighted by atomic mass is 16.3. The second-order valence-corrected chi connectivity index (χ2v) is 5.79. The van der Waals surface area contributed by atoms with Crippen LogP contribution in [-0.4, -0.2) is 55.8 Å². The highest BCUT2D eigenvalue weighted by Crippen LogP contribution is 2.22. The molecule has 0 radical (unpaired) electrons. The predicted molar refractivity (Wildman–Crippen MR) is 84.3 cm³/mol. The first-order valence-electron chi connectivity index (χ1n) is 7.53. The lowest BCUT2D eigenvalue weighted by atomic mass is 10.1. The zero-order valence-electron chi connectivity index (χ0n) is 12.8. The van der Waals surface area contributed by atoms with E-state index >= 15 is 0 Å². The van der Waals surface area contributed by atoms with Crippen LogP contribution in [0.2, 0.25) is 0 Å². The monoisotopic (exact) mass is 277 g/mol. The normalized spacial score (nSPS) is 18.6. The van der Waals surface area contributed by atoms with Crippen molar-refractivity contribution in [3.63, 3.8) is 0 Å². The quantitative estimate of drug-likeness (QED) is 0.855. The van der Waals surface area contributed by atoms with E-state index in [0.717, 1.165) is 31.7 Å². The van der Waals surface area contributed by atoms with Crippen molar-refractivity contribution in [3.05, 3.63) is 29.8 Å². The maximum absolute atomic E-state index is 10.1. The van der Waals surface area contributed by atoms with Crippen LogP contribution < -0.4 is 10.2 Å². The molecule has 0 aliphatic carbocycles. The molecule has 1 saturated heterocycles. The number of aliphatic hydroxyl groups is 1. The van der Waals surface area contributed by atoms with E-state index in [0.29, 0.717) is 12.6 Å². The predicted octanol–water partition coefficient (Wildman–Crippen LogP) is 1.47. The molecule has 1 aliphatic heterocycles. The van der Waals surface area contributed by atoms with E-state index in [2.05, 4.69) is 41.1 Å². The number of likely N-dealkylation sites (N-methyl/N-ethyl adjacent to an activating group) is 1. The maximum atomic E-state index is 10.1. The first-order valence-corrected chi connectivity index (χ1v) is 7.53. The highest BCUT2D eigenvalue weighted by Gasteiger charge is 2.19. The smallest absolute Gasteiger partial charge is 0.0915 e. The van der Waals surface area contributed by atoms with Crippen molar-refractivity contribution < 1.29 is 5.11 Å². The summed E-state index contributed by atoms with van der Waals surface area (Å²) in [6.07, 6.45) is -0.433. The van der Waals surface area contributed by atoms with E-state index in [9.17, 15) is 5.11 Å². The van der Waals surface area contributed by atoms with Gasteiger partial charge >= 0.3 is 0 Å². The van der Waals surface area contributed by atoms with Gasteiger partial charge in [-0.15, -0.1) is 0 Å². The zero-order chi connectivity index (χ0) is 14.5. The largest absolute Gasteiger partial charge is 0.387 e. The molecule has 0 spiro atoms. The van der Waals surface area contributed by atoms with Gasteiger partial charge in [-0.05, 0) is 38.6 Å². The first kappa shape index (κ1) is 15.3. The summed E-state index contributed by atoms with van der Waals surface area (Å²) in [6, 6.07) is 8.92. The third-order valence-corrected chi connectivity index (χ3v) is 4.06. The number of nitrogens with one attached hydrogen (secondary N) is 1. The fourth-order valence-corrected chi connectivity index (χ4v) is 2.74. The number of rotatable bonds is 5. The van der Waals surface area contributed by atoms with Crippen molar-refractivity contribution in [1.29, 1.82) is 0 Å². The van der Waals surface area contributed by atoms with Gasteiger partial charge in [0.05, 0.1) is 6.10 Å². The summed E-state index contributed by atoms with van der Waals surface area (Å²) in [5, 5.41) is 13.1. The maximum Gasteiger partial charge on any atom is 0.0915 e. The fraction of sp³-hybridized carbons (Fsp3) is 0.625. The molecule has 20 heavy (non-hydrogen) atoms. The SMILES string of the molecule is CNCC(O)c1cccc(N2CCN(C(C)C)CC2)c1. The Morgan fingerprint density at radius 1 is 1.20 bits per heavy atom. The summed E-state index contributed by atoms with van der Waals surface area (Å²) >= 11 is 0. The summed E-state index contributed by atoms with van der Waals surface area (Å²) in [7, 11) is 1.86. The molecule has 0 saturated carbocycles. The minimum Gasteiger partial charge on any atom is -0.387 e. The summed E-state index contributed by atoms with van der Waals surface area (Å²) in [6.45, 7) is 9.44. The Hall–Kier alpha value is -1.10. The standard InChI is InChI=1S/C16H27N3O/c1-13(2)18-7-9-19(10-8-18)15-6-4-5-14(11-15)16(20)12-17-3/h4-6,11,13,16-17,20H,7-10,12H2,1-3H3. The number of hydrogen-bond donors (Lipinski definition) is 2. The second kappa shape index (κ2) is 7.07. The van der Waals surface area contributed by atoms with Gasteiger partial charge in [0.15, 0.2) is 0 Å². The zero-order valence-corrected chi connectivity index (χ0v) is 12.8. The number of hydrogen-bond acceptors (Lipinski definition) is 4. The molecular formula is C16H27N3O. The number of aliphatic hydroxyl groups excluding tert-OH is 1. The van der Waals surface area contributed by atoms with Gasteiger partial charge in [-0.25, -0.2) is 0 Å². The Kier molecular flexibility index (Phi) is 5.40. The van der Waals surface area contributed by atoms with Gasteiger partial charge in [0.1, 0.15) is 0 Å². The lowest BCUT2D eigenvalue weighted by molar-refractivity contribution is 0.177. The van der Waals surface area contributed by atoms with Gasteiger partial charge in [0.2, 0.25) is 0 Å². The van der Waals surface area contributed by atoms with Crippen molar-refractivity contribution in [2.24, 2.45) is 0 Å². The summed E-state index contributed by atoms with van der Waals surface area (Å²) in [5.74, 6) is 0. The molecule has 0 amide bonds. The average Bonchev–Trinajstić information content (AvgIpc) is 2.48. The van der Waals surface area contributed by atoms with Gasteiger partial charge < -0.3 is 15.3 Å². The Balaban J connectivity index is 2.01. The molecule has 1 aromatic carbocycles. The van der Waals surface area contributed by atoms with Crippen LogP contribution in [0.3, 0.4) is 0 Å². The molecule has 0 aromatic heterocycles. The molecule has 1 heterocycles. The van der Waals surface area contributed by atoms with Crippen LogP contribution in [0.1, 0.15) is 25.5 Å². The van der Waals surface area contributed by atoms with Crippen LogP contribution in [-0.2, 0) is 0 Å². The van der Waals surface area contributed by atoms with E-state index < -0.39 is 6.10 Å². The molecule has 0 bridgehead atoms. The third-order valence-electron chi connectivity index (χ3n) is 4.06. The van der Waals surface area contributed by atoms with Crippen molar-refractivity contribution >= 4 is 5.69 Å². The van der Waals surface area contributed by atoms with Crippen molar-refractivity contribution in [3.8, 4) is 0 Å². The van der Waals surface area contributed by atoms with Crippen LogP contribution >= 0.6 is 0 Å². The summed E-state index contributed by atoms with van der Waals surface area (Å²) in [4.78, 5) is 4.92. The van der Waals surface area contributed by atoms with Gasteiger partial charge in [0.25, 0.3) is 0 Å². The molecular weight excluding hydrogens is 250 g/mol. The molecule has 2 rings (SSSR count). The van der Waals surface area contributed by atoms with Crippen LogP contribution in [0, 0.1) is 0 Å². The minimum absolute atomic E-state index is 0.433. The number of anilines is 1. The number of nitrogens with zero attached hydrogens (tertiary/aromatic N) is 2. The van der Waals surface area contributed by atoms with Crippen LogP contribution in [0.5, 0.6) is 0 Å². The third kappa shape index (κ3) is 3.72. The average molecular weight is 277 g/mol. The molecule has 1 fully saturated rings. The molecule has 1 aliphatic rings. The Morgan fingerprint density at radius 3 is 2.50 bits per heavy atom. The fourth-order valence-electron chi connectivity index (χ4n) is 2.74.